The molecule has 1 saturated heterocycles. The highest BCUT2D eigenvalue weighted by Gasteiger charge is 2.24. The Kier molecular flexibility index (Phi) is 5.73. The number of piperazine rings is 1. The molecule has 25 heavy (non-hydrogen) atoms. The number of anilines is 2. The number of carbonyl (C=O) groups excluding carboxylic acids is 1. The van der Waals surface area contributed by atoms with Gasteiger partial charge in [-0.05, 0) is 24.3 Å². The fraction of sp³-hybridized carbons (Fsp3) is 0.333. The minimum absolute atomic E-state index is 0.0457. The molecule has 1 fully saturated rings. The number of benzene rings is 1. The zero-order chi connectivity index (χ0) is 17.6. The number of pyridine rings is 1. The lowest BCUT2D eigenvalue weighted by molar-refractivity contribution is -0.892. The molecule has 0 unspecified atom stereocenters. The average molecular weight is 362 g/mol. The molecule has 2 heterocycles. The van der Waals surface area contributed by atoms with E-state index in [0.29, 0.717) is 17.4 Å². The minimum atomic E-state index is -0.0457. The number of halogens is 1. The Balaban J connectivity index is 1.52. The first-order valence-electron chi connectivity index (χ1n) is 8.29. The number of ether oxygens (including phenoxy) is 1. The fourth-order valence-corrected chi connectivity index (χ4v) is 3.20. The largest absolute Gasteiger partial charge is 0.495 e. The highest BCUT2D eigenvalue weighted by atomic mass is 35.5. The third-order valence-corrected chi connectivity index (χ3v) is 4.64. The molecule has 2 aromatic rings. The van der Waals surface area contributed by atoms with Gasteiger partial charge in [0, 0.05) is 6.20 Å². The lowest BCUT2D eigenvalue weighted by Crippen LogP contribution is -3.15. The third kappa shape index (κ3) is 4.41. The molecule has 7 heteroatoms. The Morgan fingerprint density at radius 1 is 1.28 bits per heavy atom. The molecule has 0 radical (unpaired) electrons. The highest BCUT2D eigenvalue weighted by molar-refractivity contribution is 6.32. The lowest BCUT2D eigenvalue weighted by Gasteiger charge is -2.34. The van der Waals surface area contributed by atoms with Crippen molar-refractivity contribution in [1.82, 2.24) is 4.98 Å². The third-order valence-electron chi connectivity index (χ3n) is 4.34. The van der Waals surface area contributed by atoms with Gasteiger partial charge in [0.05, 0.1) is 44.7 Å². The molecule has 0 aliphatic carbocycles. The van der Waals surface area contributed by atoms with Crippen molar-refractivity contribution in [2.75, 3.05) is 50.1 Å². The van der Waals surface area contributed by atoms with Gasteiger partial charge in [0.2, 0.25) is 0 Å². The first-order chi connectivity index (χ1) is 12.2. The summed E-state index contributed by atoms with van der Waals surface area (Å²) >= 11 is 5.98. The van der Waals surface area contributed by atoms with E-state index in [1.165, 1.54) is 4.90 Å². The van der Waals surface area contributed by atoms with Gasteiger partial charge >= 0.3 is 0 Å². The summed E-state index contributed by atoms with van der Waals surface area (Å²) in [5.41, 5.74) is 1.66. The number of hydrogen-bond acceptors (Lipinski definition) is 4. The Hall–Kier alpha value is -2.31. The van der Waals surface area contributed by atoms with Crippen molar-refractivity contribution in [2.45, 2.75) is 0 Å². The number of methoxy groups -OCH3 is 1. The summed E-state index contributed by atoms with van der Waals surface area (Å²) < 4.78 is 5.44. The number of amides is 1. The molecular formula is C18H22ClN4O2+. The molecule has 6 nitrogen and oxygen atoms in total. The van der Waals surface area contributed by atoms with Crippen LogP contribution in [0.1, 0.15) is 0 Å². The van der Waals surface area contributed by atoms with Gasteiger partial charge < -0.3 is 19.9 Å². The van der Waals surface area contributed by atoms with Gasteiger partial charge in [-0.3, -0.25) is 4.79 Å². The lowest BCUT2D eigenvalue weighted by atomic mass is 10.2. The van der Waals surface area contributed by atoms with Gasteiger partial charge in [0.1, 0.15) is 5.75 Å². The van der Waals surface area contributed by atoms with Crippen molar-refractivity contribution in [2.24, 2.45) is 0 Å². The van der Waals surface area contributed by atoms with Crippen LogP contribution in [0.5, 0.6) is 5.75 Å². The first-order valence-corrected chi connectivity index (χ1v) is 8.67. The smallest absolute Gasteiger partial charge is 0.279 e. The SMILES string of the molecule is COc1ccccc1N1CC[NH+](CC(=O)Nc2cccnc2Cl)CC1. The highest BCUT2D eigenvalue weighted by Crippen LogP contribution is 2.27. The van der Waals surface area contributed by atoms with Gasteiger partial charge in [-0.1, -0.05) is 23.7 Å². The number of quaternary nitrogens is 1. The van der Waals surface area contributed by atoms with Crippen LogP contribution in [-0.4, -0.2) is 50.7 Å². The van der Waals surface area contributed by atoms with Crippen LogP contribution in [0.2, 0.25) is 5.15 Å². The summed E-state index contributed by atoms with van der Waals surface area (Å²) in [6, 6.07) is 11.5. The van der Waals surface area contributed by atoms with Crippen LogP contribution >= 0.6 is 11.6 Å². The van der Waals surface area contributed by atoms with Gasteiger partial charge in [-0.25, -0.2) is 4.98 Å². The van der Waals surface area contributed by atoms with E-state index in [9.17, 15) is 4.79 Å². The standard InChI is InChI=1S/C18H21ClN4O2/c1-25-16-7-3-2-6-15(16)23-11-9-22(10-12-23)13-17(24)21-14-5-4-8-20-18(14)19/h2-8H,9-13H2,1H3,(H,21,24)/p+1. The van der Waals surface area contributed by atoms with Crippen LogP contribution in [0.4, 0.5) is 11.4 Å². The molecule has 1 aromatic carbocycles. The summed E-state index contributed by atoms with van der Waals surface area (Å²) in [6.45, 7) is 3.98. The molecule has 0 bridgehead atoms. The van der Waals surface area contributed by atoms with E-state index in [-0.39, 0.29) is 5.91 Å². The number of hydrogen-bond donors (Lipinski definition) is 2. The van der Waals surface area contributed by atoms with Crippen molar-refractivity contribution < 1.29 is 14.4 Å². The first kappa shape index (κ1) is 17.5. The summed E-state index contributed by atoms with van der Waals surface area (Å²) in [5, 5.41) is 3.14. The van der Waals surface area contributed by atoms with Gasteiger partial charge in [-0.15, -0.1) is 0 Å². The summed E-state index contributed by atoms with van der Waals surface area (Å²) in [6.07, 6.45) is 1.60. The molecule has 132 valence electrons. The second kappa shape index (κ2) is 8.18. The maximum Gasteiger partial charge on any atom is 0.279 e. The number of carbonyl (C=O) groups is 1. The van der Waals surface area contributed by atoms with Gasteiger partial charge in [-0.2, -0.15) is 0 Å². The Morgan fingerprint density at radius 3 is 2.76 bits per heavy atom. The monoisotopic (exact) mass is 361 g/mol. The zero-order valence-electron chi connectivity index (χ0n) is 14.2. The minimum Gasteiger partial charge on any atom is -0.495 e. The Labute approximate surface area is 152 Å². The molecule has 1 aliphatic rings. The van der Waals surface area contributed by atoms with Crippen LogP contribution in [0, 0.1) is 0 Å². The quantitative estimate of drug-likeness (QED) is 0.783. The van der Waals surface area contributed by atoms with Crippen LogP contribution in [-0.2, 0) is 4.79 Å². The second-order valence-corrected chi connectivity index (χ2v) is 6.33. The molecule has 0 spiro atoms. The molecule has 0 saturated carbocycles. The van der Waals surface area contributed by atoms with E-state index in [1.807, 2.05) is 18.2 Å². The molecule has 3 rings (SSSR count). The average Bonchev–Trinajstić information content (AvgIpc) is 2.64. The van der Waals surface area contributed by atoms with Crippen LogP contribution in [0.25, 0.3) is 0 Å². The van der Waals surface area contributed by atoms with Crippen LogP contribution < -0.4 is 19.9 Å². The van der Waals surface area contributed by atoms with Crippen molar-refractivity contribution in [3.63, 3.8) is 0 Å². The van der Waals surface area contributed by atoms with Crippen molar-refractivity contribution >= 4 is 28.9 Å². The predicted octanol–water partition coefficient (Wildman–Crippen LogP) is 1.09. The van der Waals surface area contributed by atoms with Crippen molar-refractivity contribution in [3.05, 3.63) is 47.7 Å². The number of rotatable bonds is 5. The maximum atomic E-state index is 12.2. The number of aromatic nitrogens is 1. The van der Waals surface area contributed by atoms with Crippen LogP contribution in [0.3, 0.4) is 0 Å². The van der Waals surface area contributed by atoms with E-state index >= 15 is 0 Å². The molecule has 1 amide bonds. The van der Waals surface area contributed by atoms with E-state index in [4.69, 9.17) is 16.3 Å². The normalized spacial score (nSPS) is 15.0. The predicted molar refractivity (Wildman–Crippen MR) is 98.6 cm³/mol. The van der Waals surface area contributed by atoms with Gasteiger partial charge in [0.15, 0.2) is 11.7 Å². The summed E-state index contributed by atoms with van der Waals surface area (Å²) in [5.74, 6) is 0.838. The van der Waals surface area contributed by atoms with Crippen molar-refractivity contribution in [1.29, 1.82) is 0 Å². The van der Waals surface area contributed by atoms with Crippen LogP contribution in [0.15, 0.2) is 42.6 Å². The number of nitrogens with zero attached hydrogens (tertiary/aromatic N) is 2. The Morgan fingerprint density at radius 2 is 2.04 bits per heavy atom. The molecule has 0 atom stereocenters. The molecule has 1 aromatic heterocycles. The number of nitrogens with one attached hydrogen (secondary N) is 2. The zero-order valence-corrected chi connectivity index (χ0v) is 14.9. The number of para-hydroxylation sites is 2. The van der Waals surface area contributed by atoms with E-state index in [2.05, 4.69) is 21.3 Å². The fourth-order valence-electron chi connectivity index (χ4n) is 3.03. The molecule has 2 N–H and O–H groups in total. The summed E-state index contributed by atoms with van der Waals surface area (Å²) in [4.78, 5) is 19.8. The van der Waals surface area contributed by atoms with E-state index < -0.39 is 0 Å². The topological polar surface area (TPSA) is 58.9 Å². The Bertz CT molecular complexity index is 733. The summed E-state index contributed by atoms with van der Waals surface area (Å²) in [7, 11) is 1.69. The van der Waals surface area contributed by atoms with E-state index in [0.717, 1.165) is 37.6 Å². The maximum absolute atomic E-state index is 12.2. The van der Waals surface area contributed by atoms with Gasteiger partial charge in [0.25, 0.3) is 5.91 Å². The second-order valence-electron chi connectivity index (χ2n) is 5.98. The van der Waals surface area contributed by atoms with E-state index in [1.54, 1.807) is 25.4 Å². The molecular weight excluding hydrogens is 340 g/mol. The van der Waals surface area contributed by atoms with Crippen molar-refractivity contribution in [3.8, 4) is 5.75 Å². The molecule has 1 aliphatic heterocycles.